The van der Waals surface area contributed by atoms with E-state index < -0.39 is 0 Å². The van der Waals surface area contributed by atoms with E-state index in [9.17, 15) is 0 Å². The SMILES string of the molecule is CC1=NC2C(=NCc3ccc(Cl)cc3Cl)N=CN=C2N1. The van der Waals surface area contributed by atoms with Gasteiger partial charge >= 0.3 is 0 Å². The topological polar surface area (TPSA) is 61.5 Å². The standard InChI is InChI=1S/C13H11Cl2N5/c1-7-19-11-12(17-6-18-13(11)20-7)16-5-8-2-3-9(14)4-10(8)15/h2-4,6,11H,5H2,1H3,(H,16,17,18,19,20). The molecule has 3 rings (SSSR count). The van der Waals surface area contributed by atoms with Crippen LogP contribution in [0.4, 0.5) is 0 Å². The second kappa shape index (κ2) is 5.34. The van der Waals surface area contributed by atoms with Crippen LogP contribution in [0.2, 0.25) is 10.0 Å². The number of hydrogen-bond donors (Lipinski definition) is 1. The first-order valence-corrected chi connectivity index (χ1v) is 6.79. The summed E-state index contributed by atoms with van der Waals surface area (Å²) in [4.78, 5) is 17.2. The Hall–Kier alpha value is -1.72. The van der Waals surface area contributed by atoms with Crippen molar-refractivity contribution in [3.63, 3.8) is 0 Å². The lowest BCUT2D eigenvalue weighted by Crippen LogP contribution is -2.34. The molecule has 0 saturated heterocycles. The molecule has 2 aliphatic rings. The van der Waals surface area contributed by atoms with Crippen molar-refractivity contribution >= 4 is 47.0 Å². The third kappa shape index (κ3) is 2.59. The van der Waals surface area contributed by atoms with E-state index in [2.05, 4.69) is 25.3 Å². The molecule has 0 saturated carbocycles. The van der Waals surface area contributed by atoms with Crippen LogP contribution in [0.3, 0.4) is 0 Å². The first-order valence-electron chi connectivity index (χ1n) is 6.03. The largest absolute Gasteiger partial charge is 0.330 e. The maximum Gasteiger partial charge on any atom is 0.169 e. The fraction of sp³-hybridized carbons (Fsp3) is 0.231. The lowest BCUT2D eigenvalue weighted by atomic mass is 10.2. The molecule has 1 N–H and O–H groups in total. The lowest BCUT2D eigenvalue weighted by Gasteiger charge is -2.11. The number of halogens is 2. The molecule has 102 valence electrons. The summed E-state index contributed by atoms with van der Waals surface area (Å²) in [6.07, 6.45) is 1.48. The predicted octanol–water partition coefficient (Wildman–Crippen LogP) is 2.72. The van der Waals surface area contributed by atoms with Gasteiger partial charge in [0.1, 0.15) is 12.2 Å². The Morgan fingerprint density at radius 3 is 3.00 bits per heavy atom. The van der Waals surface area contributed by atoms with Crippen molar-refractivity contribution in [2.45, 2.75) is 19.5 Å². The molecule has 0 radical (unpaired) electrons. The molecule has 7 heteroatoms. The maximum atomic E-state index is 6.13. The van der Waals surface area contributed by atoms with E-state index in [1.807, 2.05) is 13.0 Å². The minimum Gasteiger partial charge on any atom is -0.330 e. The van der Waals surface area contributed by atoms with Crippen LogP contribution in [0.15, 0.2) is 38.2 Å². The van der Waals surface area contributed by atoms with E-state index >= 15 is 0 Å². The van der Waals surface area contributed by atoms with Crippen LogP contribution in [0.25, 0.3) is 0 Å². The highest BCUT2D eigenvalue weighted by atomic mass is 35.5. The van der Waals surface area contributed by atoms with Crippen molar-refractivity contribution in [3.8, 4) is 0 Å². The second-order valence-electron chi connectivity index (χ2n) is 4.41. The van der Waals surface area contributed by atoms with Gasteiger partial charge in [0, 0.05) is 10.0 Å². The van der Waals surface area contributed by atoms with Gasteiger partial charge in [-0.15, -0.1) is 0 Å². The summed E-state index contributed by atoms with van der Waals surface area (Å²) >= 11 is 12.0. The summed E-state index contributed by atoms with van der Waals surface area (Å²) in [6.45, 7) is 2.32. The zero-order valence-corrected chi connectivity index (χ0v) is 12.2. The number of benzene rings is 1. The predicted molar refractivity (Wildman–Crippen MR) is 83.6 cm³/mol. The van der Waals surface area contributed by atoms with Crippen LogP contribution in [-0.2, 0) is 6.54 Å². The summed E-state index contributed by atoms with van der Waals surface area (Å²) < 4.78 is 0. The molecule has 1 atom stereocenters. The van der Waals surface area contributed by atoms with Gasteiger partial charge in [0.15, 0.2) is 11.9 Å². The quantitative estimate of drug-likeness (QED) is 0.897. The number of amidine groups is 3. The van der Waals surface area contributed by atoms with Crippen molar-refractivity contribution in [2.24, 2.45) is 20.0 Å². The molecule has 1 aromatic rings. The zero-order valence-electron chi connectivity index (χ0n) is 10.6. The molecule has 0 aliphatic carbocycles. The van der Waals surface area contributed by atoms with E-state index in [1.54, 1.807) is 12.1 Å². The van der Waals surface area contributed by atoms with Crippen LogP contribution >= 0.6 is 23.2 Å². The molecule has 0 amide bonds. The molecule has 1 aromatic carbocycles. The Balaban J connectivity index is 1.82. The van der Waals surface area contributed by atoms with E-state index in [0.717, 1.165) is 17.2 Å². The Kier molecular flexibility index (Phi) is 3.54. The summed E-state index contributed by atoms with van der Waals surface area (Å²) in [5.74, 6) is 2.21. The molecule has 2 heterocycles. The highest BCUT2D eigenvalue weighted by molar-refractivity contribution is 6.35. The minimum atomic E-state index is -0.230. The van der Waals surface area contributed by atoms with Gasteiger partial charge in [-0.25, -0.2) is 9.98 Å². The average Bonchev–Trinajstić information content (AvgIpc) is 2.78. The van der Waals surface area contributed by atoms with Gasteiger partial charge in [0.2, 0.25) is 0 Å². The molecule has 0 spiro atoms. The van der Waals surface area contributed by atoms with Gasteiger partial charge in [-0.3, -0.25) is 9.98 Å². The van der Waals surface area contributed by atoms with Gasteiger partial charge in [-0.2, -0.15) is 0 Å². The number of hydrogen-bond acceptors (Lipinski definition) is 4. The van der Waals surface area contributed by atoms with Crippen molar-refractivity contribution < 1.29 is 0 Å². The van der Waals surface area contributed by atoms with Gasteiger partial charge in [0.25, 0.3) is 0 Å². The fourth-order valence-electron chi connectivity index (χ4n) is 1.99. The summed E-state index contributed by atoms with van der Waals surface area (Å²) in [6, 6.07) is 5.12. The molecular weight excluding hydrogens is 297 g/mol. The maximum absolute atomic E-state index is 6.13. The van der Waals surface area contributed by atoms with E-state index in [4.69, 9.17) is 23.2 Å². The van der Waals surface area contributed by atoms with Gasteiger partial charge < -0.3 is 5.32 Å². The third-order valence-electron chi connectivity index (χ3n) is 2.95. The number of fused-ring (bicyclic) bond motifs is 1. The number of rotatable bonds is 2. The molecular formula is C13H11Cl2N5. The first kappa shape index (κ1) is 13.3. The van der Waals surface area contributed by atoms with Crippen LogP contribution in [-0.4, -0.2) is 29.9 Å². The summed E-state index contributed by atoms with van der Waals surface area (Å²) in [7, 11) is 0. The smallest absolute Gasteiger partial charge is 0.169 e. The second-order valence-corrected chi connectivity index (χ2v) is 5.25. The summed E-state index contributed by atoms with van der Waals surface area (Å²) in [5.41, 5.74) is 0.898. The normalized spacial score (nSPS) is 22.4. The van der Waals surface area contributed by atoms with Crippen molar-refractivity contribution in [2.75, 3.05) is 0 Å². The van der Waals surface area contributed by atoms with E-state index in [0.29, 0.717) is 22.4 Å². The lowest BCUT2D eigenvalue weighted by molar-refractivity contribution is 1.01. The zero-order chi connectivity index (χ0) is 14.1. The van der Waals surface area contributed by atoms with Crippen LogP contribution < -0.4 is 5.32 Å². The van der Waals surface area contributed by atoms with Gasteiger partial charge in [-0.05, 0) is 24.6 Å². The van der Waals surface area contributed by atoms with Gasteiger partial charge in [-0.1, -0.05) is 29.3 Å². The number of nitrogens with zero attached hydrogens (tertiary/aromatic N) is 4. The molecule has 0 aromatic heterocycles. The molecule has 20 heavy (non-hydrogen) atoms. The highest BCUT2D eigenvalue weighted by Gasteiger charge is 2.28. The Morgan fingerprint density at radius 1 is 1.35 bits per heavy atom. The molecule has 0 bridgehead atoms. The fourth-order valence-corrected chi connectivity index (χ4v) is 2.46. The van der Waals surface area contributed by atoms with Crippen molar-refractivity contribution in [3.05, 3.63) is 33.8 Å². The Morgan fingerprint density at radius 2 is 2.20 bits per heavy atom. The average molecular weight is 308 g/mol. The Bertz CT molecular complexity index is 675. The molecule has 2 aliphatic heterocycles. The van der Waals surface area contributed by atoms with Crippen molar-refractivity contribution in [1.82, 2.24) is 5.32 Å². The first-order chi connectivity index (χ1) is 9.63. The van der Waals surface area contributed by atoms with Crippen LogP contribution in [0.1, 0.15) is 12.5 Å². The number of aliphatic imine (C=N–C) groups is 4. The van der Waals surface area contributed by atoms with Gasteiger partial charge in [0.05, 0.1) is 12.4 Å². The minimum absolute atomic E-state index is 0.230. The monoisotopic (exact) mass is 307 g/mol. The molecule has 5 nitrogen and oxygen atoms in total. The summed E-state index contributed by atoms with van der Waals surface area (Å²) in [5, 5.41) is 4.29. The third-order valence-corrected chi connectivity index (χ3v) is 3.54. The van der Waals surface area contributed by atoms with E-state index in [-0.39, 0.29) is 6.04 Å². The molecule has 0 fully saturated rings. The van der Waals surface area contributed by atoms with E-state index in [1.165, 1.54) is 6.34 Å². The van der Waals surface area contributed by atoms with Crippen molar-refractivity contribution in [1.29, 1.82) is 0 Å². The van der Waals surface area contributed by atoms with Crippen LogP contribution in [0, 0.1) is 0 Å². The molecule has 1 unspecified atom stereocenters. The Labute approximate surface area is 126 Å². The number of nitrogens with one attached hydrogen (secondary N) is 1. The highest BCUT2D eigenvalue weighted by Crippen LogP contribution is 2.22. The van der Waals surface area contributed by atoms with Crippen LogP contribution in [0.5, 0.6) is 0 Å².